The molecule has 0 fully saturated rings. The fourth-order valence-electron chi connectivity index (χ4n) is 1.20. The molecule has 0 aromatic heterocycles. The van der Waals surface area contributed by atoms with Crippen molar-refractivity contribution in [2.45, 2.75) is 12.5 Å². The van der Waals surface area contributed by atoms with Crippen LogP contribution >= 0.6 is 11.6 Å². The van der Waals surface area contributed by atoms with Gasteiger partial charge in [-0.25, -0.2) is 0 Å². The summed E-state index contributed by atoms with van der Waals surface area (Å²) in [5.41, 5.74) is 11.1. The summed E-state index contributed by atoms with van der Waals surface area (Å²) in [6.45, 7) is 2.49. The van der Waals surface area contributed by atoms with Crippen molar-refractivity contribution in [3.05, 3.63) is 23.3 Å². The van der Waals surface area contributed by atoms with E-state index in [0.29, 0.717) is 11.6 Å². The van der Waals surface area contributed by atoms with Gasteiger partial charge >= 0.3 is 0 Å². The van der Waals surface area contributed by atoms with Crippen molar-refractivity contribution in [1.29, 1.82) is 0 Å². The molecule has 0 spiro atoms. The van der Waals surface area contributed by atoms with Gasteiger partial charge in [0.1, 0.15) is 0 Å². The van der Waals surface area contributed by atoms with E-state index >= 15 is 0 Å². The molecule has 2 nitrogen and oxygen atoms in total. The Balaban J connectivity index is 2.84. The number of hydrogen-bond acceptors (Lipinski definition) is 2. The zero-order valence-electron chi connectivity index (χ0n) is 6.55. The monoisotopic (exact) mass is 172 g/mol. The van der Waals surface area contributed by atoms with Gasteiger partial charge < -0.3 is 11.5 Å². The van der Waals surface area contributed by atoms with Crippen LogP contribution in [0, 0.1) is 5.92 Å². The number of halogens is 1. The van der Waals surface area contributed by atoms with Gasteiger partial charge in [0.2, 0.25) is 0 Å². The molecule has 0 amide bonds. The van der Waals surface area contributed by atoms with Crippen LogP contribution in [-0.4, -0.2) is 12.1 Å². The highest BCUT2D eigenvalue weighted by atomic mass is 35.5. The first-order valence-electron chi connectivity index (χ1n) is 3.62. The molecule has 0 saturated carbocycles. The van der Waals surface area contributed by atoms with E-state index in [1.54, 1.807) is 0 Å². The molecule has 0 saturated heterocycles. The molecule has 0 radical (unpaired) electrons. The summed E-state index contributed by atoms with van der Waals surface area (Å²) in [6, 6.07) is 0. The molecule has 1 aliphatic rings. The van der Waals surface area contributed by atoms with Gasteiger partial charge in [-0.2, -0.15) is 0 Å². The first-order valence-corrected chi connectivity index (χ1v) is 3.99. The Kier molecular flexibility index (Phi) is 2.37. The molecule has 0 aromatic rings. The van der Waals surface area contributed by atoms with Crippen LogP contribution in [0.2, 0.25) is 0 Å². The third-order valence-corrected chi connectivity index (χ3v) is 2.22. The standard InChI is InChI=1S/C8H13ClN2/c1-8(11)4-7(9)3-2-6(8)5-10/h2-4,6H,5,10-11H2,1H3. The van der Waals surface area contributed by atoms with Crippen LogP contribution < -0.4 is 11.5 Å². The Morgan fingerprint density at radius 2 is 2.36 bits per heavy atom. The van der Waals surface area contributed by atoms with Gasteiger partial charge in [-0.05, 0) is 19.1 Å². The predicted molar refractivity (Wildman–Crippen MR) is 48.2 cm³/mol. The molecule has 0 heterocycles. The predicted octanol–water partition coefficient (Wildman–Crippen LogP) is 0.971. The first-order chi connectivity index (χ1) is 5.06. The lowest BCUT2D eigenvalue weighted by molar-refractivity contribution is 0.431. The van der Waals surface area contributed by atoms with Gasteiger partial charge in [-0.3, -0.25) is 0 Å². The van der Waals surface area contributed by atoms with E-state index in [2.05, 4.69) is 0 Å². The highest BCUT2D eigenvalue weighted by Crippen LogP contribution is 2.25. The highest BCUT2D eigenvalue weighted by molar-refractivity contribution is 6.31. The molecule has 1 aliphatic carbocycles. The van der Waals surface area contributed by atoms with Gasteiger partial charge in [0.25, 0.3) is 0 Å². The van der Waals surface area contributed by atoms with Crippen molar-refractivity contribution in [2.24, 2.45) is 17.4 Å². The van der Waals surface area contributed by atoms with Crippen molar-refractivity contribution >= 4 is 11.6 Å². The van der Waals surface area contributed by atoms with E-state index in [-0.39, 0.29) is 11.5 Å². The fourth-order valence-corrected chi connectivity index (χ4v) is 1.51. The first kappa shape index (κ1) is 8.78. The summed E-state index contributed by atoms with van der Waals surface area (Å²) in [7, 11) is 0. The van der Waals surface area contributed by atoms with Crippen LogP contribution in [0.3, 0.4) is 0 Å². The second kappa shape index (κ2) is 2.97. The Bertz CT molecular complexity index is 206. The minimum Gasteiger partial charge on any atom is -0.330 e. The molecule has 62 valence electrons. The van der Waals surface area contributed by atoms with E-state index in [4.69, 9.17) is 23.1 Å². The number of allylic oxidation sites excluding steroid dienone is 2. The molecule has 11 heavy (non-hydrogen) atoms. The molecule has 3 heteroatoms. The molecule has 0 aliphatic heterocycles. The maximum Gasteiger partial charge on any atom is 0.0403 e. The zero-order chi connectivity index (χ0) is 8.48. The lowest BCUT2D eigenvalue weighted by Gasteiger charge is -2.30. The van der Waals surface area contributed by atoms with Crippen LogP contribution in [0.15, 0.2) is 23.3 Å². The molecular formula is C8H13ClN2. The van der Waals surface area contributed by atoms with E-state index in [1.807, 2.05) is 25.2 Å². The highest BCUT2D eigenvalue weighted by Gasteiger charge is 2.27. The normalized spacial score (nSPS) is 37.1. The summed E-state index contributed by atoms with van der Waals surface area (Å²) in [4.78, 5) is 0. The average Bonchev–Trinajstić information content (AvgIpc) is 1.85. The molecule has 0 bridgehead atoms. The lowest BCUT2D eigenvalue weighted by Crippen LogP contribution is -2.45. The summed E-state index contributed by atoms with van der Waals surface area (Å²) in [5.74, 6) is 0.199. The number of rotatable bonds is 1. The Morgan fingerprint density at radius 1 is 1.73 bits per heavy atom. The van der Waals surface area contributed by atoms with Crippen molar-refractivity contribution in [1.82, 2.24) is 0 Å². The lowest BCUT2D eigenvalue weighted by atomic mass is 9.83. The van der Waals surface area contributed by atoms with Crippen molar-refractivity contribution in [3.63, 3.8) is 0 Å². The van der Waals surface area contributed by atoms with E-state index in [0.717, 1.165) is 0 Å². The summed E-state index contributed by atoms with van der Waals surface area (Å²) in [6.07, 6.45) is 5.64. The fraction of sp³-hybridized carbons (Fsp3) is 0.500. The third kappa shape index (κ3) is 1.83. The van der Waals surface area contributed by atoms with Crippen molar-refractivity contribution < 1.29 is 0 Å². The maximum atomic E-state index is 5.93. The van der Waals surface area contributed by atoms with E-state index in [9.17, 15) is 0 Å². The van der Waals surface area contributed by atoms with Crippen LogP contribution in [-0.2, 0) is 0 Å². The summed E-state index contributed by atoms with van der Waals surface area (Å²) < 4.78 is 0. The zero-order valence-corrected chi connectivity index (χ0v) is 7.31. The van der Waals surface area contributed by atoms with Gasteiger partial charge in [-0.1, -0.05) is 17.7 Å². The SMILES string of the molecule is CC1(N)C=C(Cl)C=CC1CN. The van der Waals surface area contributed by atoms with Crippen LogP contribution in [0.1, 0.15) is 6.92 Å². The Labute approximate surface area is 71.9 Å². The summed E-state index contributed by atoms with van der Waals surface area (Å²) >= 11 is 5.78. The van der Waals surface area contributed by atoms with E-state index < -0.39 is 0 Å². The van der Waals surface area contributed by atoms with Gasteiger partial charge in [0.15, 0.2) is 0 Å². The van der Waals surface area contributed by atoms with Crippen LogP contribution in [0.5, 0.6) is 0 Å². The molecule has 2 atom stereocenters. The van der Waals surface area contributed by atoms with Crippen molar-refractivity contribution in [3.8, 4) is 0 Å². The minimum atomic E-state index is -0.388. The second-order valence-corrected chi connectivity index (χ2v) is 3.53. The van der Waals surface area contributed by atoms with Crippen LogP contribution in [0.4, 0.5) is 0 Å². The Morgan fingerprint density at radius 3 is 2.82 bits per heavy atom. The molecular weight excluding hydrogens is 160 g/mol. The largest absolute Gasteiger partial charge is 0.330 e. The topological polar surface area (TPSA) is 52.0 Å². The molecule has 1 rings (SSSR count). The smallest absolute Gasteiger partial charge is 0.0403 e. The maximum absolute atomic E-state index is 5.93. The number of hydrogen-bond donors (Lipinski definition) is 2. The molecule has 4 N–H and O–H groups in total. The van der Waals surface area contributed by atoms with E-state index in [1.165, 1.54) is 0 Å². The second-order valence-electron chi connectivity index (χ2n) is 3.10. The van der Waals surface area contributed by atoms with Gasteiger partial charge in [0, 0.05) is 23.0 Å². The van der Waals surface area contributed by atoms with Crippen molar-refractivity contribution in [2.75, 3.05) is 6.54 Å². The molecule has 0 aromatic carbocycles. The third-order valence-electron chi connectivity index (χ3n) is 1.99. The quantitative estimate of drug-likeness (QED) is 0.620. The molecule has 2 unspecified atom stereocenters. The minimum absolute atomic E-state index is 0.199. The average molecular weight is 173 g/mol. The van der Waals surface area contributed by atoms with Gasteiger partial charge in [0.05, 0.1) is 0 Å². The van der Waals surface area contributed by atoms with Gasteiger partial charge in [-0.15, -0.1) is 0 Å². The van der Waals surface area contributed by atoms with Crippen LogP contribution in [0.25, 0.3) is 0 Å². The number of nitrogens with two attached hydrogens (primary N) is 2. The Hall–Kier alpha value is -0.310. The summed E-state index contributed by atoms with van der Waals surface area (Å²) in [5, 5.41) is 0.694.